The highest BCUT2D eigenvalue weighted by Crippen LogP contribution is 2.39. The molecule has 2 atom stereocenters. The summed E-state index contributed by atoms with van der Waals surface area (Å²) in [5.41, 5.74) is 1.18. The maximum atomic E-state index is 12.3. The molecule has 1 amide bonds. The molecule has 0 aliphatic carbocycles. The second-order valence-corrected chi connectivity index (χ2v) is 4.60. The van der Waals surface area contributed by atoms with Crippen molar-refractivity contribution >= 4 is 11.6 Å². The number of anilines is 1. The molecule has 0 radical (unpaired) electrons. The summed E-state index contributed by atoms with van der Waals surface area (Å²) in [5, 5.41) is 2.93. The van der Waals surface area contributed by atoms with Gasteiger partial charge in [0, 0.05) is 5.69 Å². The number of ether oxygens (including phenoxy) is 1. The van der Waals surface area contributed by atoms with Gasteiger partial charge in [0.05, 0.1) is 6.26 Å². The maximum Gasteiger partial charge on any atom is 0.238 e. The van der Waals surface area contributed by atoms with Gasteiger partial charge >= 0.3 is 0 Å². The lowest BCUT2D eigenvalue weighted by Gasteiger charge is -2.28. The molecule has 2 rings (SSSR count). The first-order valence-corrected chi connectivity index (χ1v) is 5.74. The minimum atomic E-state index is -0.587. The molecule has 0 aromatic heterocycles. The van der Waals surface area contributed by atoms with Gasteiger partial charge in [-0.25, -0.2) is 0 Å². The van der Waals surface area contributed by atoms with E-state index in [0.717, 1.165) is 11.3 Å². The number of benzene rings is 1. The van der Waals surface area contributed by atoms with Gasteiger partial charge in [0.1, 0.15) is 11.5 Å². The summed E-state index contributed by atoms with van der Waals surface area (Å²) in [4.78, 5) is 12.3. The SMILES string of the molecule is CC1=COC(C)C1(C)C(=O)Nc1ccccc1. The molecule has 1 aromatic carbocycles. The third-order valence-electron chi connectivity index (χ3n) is 3.58. The number of carbonyl (C=O) groups excluding carboxylic acids is 1. The molecule has 3 nitrogen and oxygen atoms in total. The number of amides is 1. The second kappa shape index (κ2) is 4.24. The van der Waals surface area contributed by atoms with Crippen LogP contribution in [0.1, 0.15) is 20.8 Å². The van der Waals surface area contributed by atoms with Gasteiger partial charge in [-0.3, -0.25) is 4.79 Å². The summed E-state index contributed by atoms with van der Waals surface area (Å²) in [7, 11) is 0. The molecule has 2 unspecified atom stereocenters. The van der Waals surface area contributed by atoms with E-state index in [4.69, 9.17) is 4.74 Å². The number of carbonyl (C=O) groups is 1. The molecule has 0 bridgehead atoms. The molecular formula is C14H17NO2. The lowest BCUT2D eigenvalue weighted by molar-refractivity contribution is -0.126. The highest BCUT2D eigenvalue weighted by molar-refractivity contribution is 5.97. The van der Waals surface area contributed by atoms with E-state index in [1.54, 1.807) is 6.26 Å². The minimum Gasteiger partial charge on any atom is -0.497 e. The van der Waals surface area contributed by atoms with Gasteiger partial charge < -0.3 is 10.1 Å². The maximum absolute atomic E-state index is 12.3. The molecule has 0 saturated carbocycles. The second-order valence-electron chi connectivity index (χ2n) is 4.60. The first kappa shape index (κ1) is 11.7. The number of rotatable bonds is 2. The third-order valence-corrected chi connectivity index (χ3v) is 3.58. The Morgan fingerprint density at radius 1 is 1.35 bits per heavy atom. The molecule has 17 heavy (non-hydrogen) atoms. The monoisotopic (exact) mass is 231 g/mol. The van der Waals surface area contributed by atoms with Gasteiger partial charge in [0.25, 0.3) is 0 Å². The van der Waals surface area contributed by atoms with Crippen molar-refractivity contribution in [3.05, 3.63) is 42.2 Å². The highest BCUT2D eigenvalue weighted by Gasteiger charge is 2.45. The Morgan fingerprint density at radius 3 is 2.53 bits per heavy atom. The van der Waals surface area contributed by atoms with Crippen molar-refractivity contribution in [1.82, 2.24) is 0 Å². The molecule has 1 aromatic rings. The summed E-state index contributed by atoms with van der Waals surface area (Å²) in [6, 6.07) is 9.47. The summed E-state index contributed by atoms with van der Waals surface area (Å²) in [6.07, 6.45) is 1.54. The molecule has 1 heterocycles. The van der Waals surface area contributed by atoms with Crippen LogP contribution < -0.4 is 5.32 Å². The van der Waals surface area contributed by atoms with E-state index in [1.165, 1.54) is 0 Å². The summed E-state index contributed by atoms with van der Waals surface area (Å²) in [5.74, 6) is -0.0255. The van der Waals surface area contributed by atoms with Crippen LogP contribution >= 0.6 is 0 Å². The minimum absolute atomic E-state index is 0.0255. The number of para-hydroxylation sites is 1. The Bertz CT molecular complexity index is 453. The van der Waals surface area contributed by atoms with Crippen LogP contribution in [0.25, 0.3) is 0 Å². The number of hydrogen-bond donors (Lipinski definition) is 1. The molecule has 0 saturated heterocycles. The molecule has 1 N–H and O–H groups in total. The molecule has 0 fully saturated rings. The number of nitrogens with one attached hydrogen (secondary N) is 1. The smallest absolute Gasteiger partial charge is 0.238 e. The van der Waals surface area contributed by atoms with Gasteiger partial charge in [0.2, 0.25) is 5.91 Å². The van der Waals surface area contributed by atoms with Crippen molar-refractivity contribution in [2.45, 2.75) is 26.9 Å². The van der Waals surface area contributed by atoms with Crippen molar-refractivity contribution in [3.8, 4) is 0 Å². The molecule has 90 valence electrons. The van der Waals surface area contributed by atoms with Gasteiger partial charge in [-0.2, -0.15) is 0 Å². The molecular weight excluding hydrogens is 214 g/mol. The Balaban J connectivity index is 2.18. The van der Waals surface area contributed by atoms with E-state index in [0.29, 0.717) is 0 Å². The van der Waals surface area contributed by atoms with Crippen LogP contribution in [-0.2, 0) is 9.53 Å². The van der Waals surface area contributed by atoms with Gasteiger partial charge in [0.15, 0.2) is 0 Å². The van der Waals surface area contributed by atoms with Crippen molar-refractivity contribution in [3.63, 3.8) is 0 Å². The molecule has 3 heteroatoms. The predicted octanol–water partition coefficient (Wildman–Crippen LogP) is 2.95. The zero-order valence-corrected chi connectivity index (χ0v) is 10.4. The van der Waals surface area contributed by atoms with Crippen LogP contribution in [0.3, 0.4) is 0 Å². The first-order valence-electron chi connectivity index (χ1n) is 5.74. The largest absolute Gasteiger partial charge is 0.497 e. The summed E-state index contributed by atoms with van der Waals surface area (Å²) >= 11 is 0. The van der Waals surface area contributed by atoms with E-state index >= 15 is 0 Å². The summed E-state index contributed by atoms with van der Waals surface area (Å²) in [6.45, 7) is 5.75. The van der Waals surface area contributed by atoms with E-state index in [2.05, 4.69) is 5.32 Å². The number of hydrogen-bond acceptors (Lipinski definition) is 2. The van der Waals surface area contributed by atoms with Gasteiger partial charge in [-0.1, -0.05) is 18.2 Å². The fourth-order valence-corrected chi connectivity index (χ4v) is 1.93. The van der Waals surface area contributed by atoms with Crippen molar-refractivity contribution in [2.24, 2.45) is 5.41 Å². The van der Waals surface area contributed by atoms with Crippen LogP contribution in [0.15, 0.2) is 42.2 Å². The average molecular weight is 231 g/mol. The zero-order valence-electron chi connectivity index (χ0n) is 10.4. The normalized spacial score (nSPS) is 27.2. The van der Waals surface area contributed by atoms with Crippen molar-refractivity contribution in [1.29, 1.82) is 0 Å². The molecule has 1 aliphatic heterocycles. The molecule has 0 spiro atoms. The fraction of sp³-hybridized carbons (Fsp3) is 0.357. The lowest BCUT2D eigenvalue weighted by atomic mass is 9.79. The van der Waals surface area contributed by atoms with E-state index < -0.39 is 5.41 Å². The van der Waals surface area contributed by atoms with Crippen LogP contribution in [0, 0.1) is 5.41 Å². The van der Waals surface area contributed by atoms with Gasteiger partial charge in [-0.05, 0) is 38.5 Å². The first-order chi connectivity index (χ1) is 8.05. The molecule has 1 aliphatic rings. The van der Waals surface area contributed by atoms with Crippen LogP contribution in [0.4, 0.5) is 5.69 Å². The average Bonchev–Trinajstić information content (AvgIpc) is 2.59. The Hall–Kier alpha value is -1.77. The van der Waals surface area contributed by atoms with E-state index in [1.807, 2.05) is 51.1 Å². The predicted molar refractivity (Wildman–Crippen MR) is 67.5 cm³/mol. The van der Waals surface area contributed by atoms with E-state index in [-0.39, 0.29) is 12.0 Å². The third kappa shape index (κ3) is 1.93. The summed E-state index contributed by atoms with van der Waals surface area (Å²) < 4.78 is 5.42. The zero-order chi connectivity index (χ0) is 12.5. The Labute approximate surface area is 101 Å². The van der Waals surface area contributed by atoms with Crippen LogP contribution in [-0.4, -0.2) is 12.0 Å². The lowest BCUT2D eigenvalue weighted by Crippen LogP contribution is -2.40. The fourth-order valence-electron chi connectivity index (χ4n) is 1.93. The standard InChI is InChI=1S/C14H17NO2/c1-10-9-17-11(2)14(10,3)13(16)15-12-7-5-4-6-8-12/h4-9,11H,1-3H3,(H,15,16). The van der Waals surface area contributed by atoms with Gasteiger partial charge in [-0.15, -0.1) is 0 Å². The van der Waals surface area contributed by atoms with Crippen LogP contribution in [0.2, 0.25) is 0 Å². The van der Waals surface area contributed by atoms with E-state index in [9.17, 15) is 4.79 Å². The van der Waals surface area contributed by atoms with Crippen LogP contribution in [0.5, 0.6) is 0 Å². The highest BCUT2D eigenvalue weighted by atomic mass is 16.5. The van der Waals surface area contributed by atoms with Crippen molar-refractivity contribution < 1.29 is 9.53 Å². The van der Waals surface area contributed by atoms with Crippen molar-refractivity contribution in [2.75, 3.05) is 5.32 Å². The Kier molecular flexibility index (Phi) is 2.92. The quantitative estimate of drug-likeness (QED) is 0.849. The Morgan fingerprint density at radius 2 is 2.00 bits per heavy atom. The topological polar surface area (TPSA) is 38.3 Å².